The Labute approximate surface area is 177 Å². The molecule has 0 amide bonds. The molecule has 1 unspecified atom stereocenters. The fourth-order valence-electron chi connectivity index (χ4n) is 3.33. The van der Waals surface area contributed by atoms with Crippen LogP contribution in [0.4, 0.5) is 4.79 Å². The molecule has 29 heavy (non-hydrogen) atoms. The minimum atomic E-state index is -0.909. The van der Waals surface area contributed by atoms with E-state index in [0.29, 0.717) is 21.2 Å². The predicted molar refractivity (Wildman–Crippen MR) is 117 cm³/mol. The Kier molecular flexibility index (Phi) is 4.92. The van der Waals surface area contributed by atoms with Gasteiger partial charge in [0.25, 0.3) is 0 Å². The summed E-state index contributed by atoms with van der Waals surface area (Å²) in [6, 6.07) is 17.5. The van der Waals surface area contributed by atoms with Gasteiger partial charge in [-0.25, -0.2) is 14.3 Å². The van der Waals surface area contributed by atoms with Crippen molar-refractivity contribution < 1.29 is 14.6 Å². The fraction of sp³-hybridized carbons (Fsp3) is 0.217. The van der Waals surface area contributed by atoms with E-state index in [9.17, 15) is 9.90 Å². The van der Waals surface area contributed by atoms with Crippen LogP contribution in [0, 0.1) is 0 Å². The molecule has 0 radical (unpaired) electrons. The summed E-state index contributed by atoms with van der Waals surface area (Å²) in [5.74, 6) is 0. The minimum absolute atomic E-state index is 0.434. The summed E-state index contributed by atoms with van der Waals surface area (Å²) in [6.07, 6.45) is 0.164. The van der Waals surface area contributed by atoms with Crippen molar-refractivity contribution in [3.63, 3.8) is 0 Å². The molecule has 0 saturated heterocycles. The highest BCUT2D eigenvalue weighted by atomic mass is 79.9. The molecule has 5 nitrogen and oxygen atoms in total. The Balaban J connectivity index is 1.83. The molecular weight excluding hydrogens is 432 g/mol. The van der Waals surface area contributed by atoms with Crippen LogP contribution < -0.4 is 0 Å². The van der Waals surface area contributed by atoms with Gasteiger partial charge in [0.15, 0.2) is 5.65 Å². The summed E-state index contributed by atoms with van der Waals surface area (Å²) >= 11 is 3.36. The van der Waals surface area contributed by atoms with Crippen LogP contribution in [0.2, 0.25) is 0 Å². The van der Waals surface area contributed by atoms with Crippen molar-refractivity contribution in [3.8, 4) is 0 Å². The Bertz CT molecular complexity index is 1220. The molecule has 2 heterocycles. The second-order valence-corrected chi connectivity index (χ2v) is 8.76. The van der Waals surface area contributed by atoms with E-state index in [1.165, 1.54) is 4.57 Å². The van der Waals surface area contributed by atoms with Crippen LogP contribution in [0.1, 0.15) is 38.0 Å². The minimum Gasteiger partial charge on any atom is -0.443 e. The Morgan fingerprint density at radius 2 is 1.83 bits per heavy atom. The quantitative estimate of drug-likeness (QED) is 0.389. The van der Waals surface area contributed by atoms with Crippen LogP contribution in [-0.4, -0.2) is 26.4 Å². The van der Waals surface area contributed by atoms with Crippen molar-refractivity contribution in [1.29, 1.82) is 0 Å². The average Bonchev–Trinajstić information content (AvgIpc) is 3.04. The number of pyridine rings is 1. The first-order chi connectivity index (χ1) is 13.7. The van der Waals surface area contributed by atoms with Gasteiger partial charge in [-0.2, -0.15) is 0 Å². The molecule has 0 spiro atoms. The van der Waals surface area contributed by atoms with Crippen LogP contribution in [0.25, 0.3) is 21.8 Å². The molecule has 0 aliphatic heterocycles. The van der Waals surface area contributed by atoms with Gasteiger partial charge in [0.1, 0.15) is 16.3 Å². The SMILES string of the molecule is CC(C)(C)OC(=O)n1cc(C(O)c2ccc3ccccc3c2)c2ccc(Br)nc21. The third kappa shape index (κ3) is 3.91. The molecule has 0 aliphatic carbocycles. The lowest BCUT2D eigenvalue weighted by Gasteiger charge is -2.19. The largest absolute Gasteiger partial charge is 0.443 e. The molecule has 0 saturated carbocycles. The number of rotatable bonds is 2. The standard InChI is InChI=1S/C23H21BrN2O3/c1-23(2,3)29-22(28)26-13-18(17-10-11-19(24)25-21(17)26)20(27)16-9-8-14-6-4-5-7-15(14)12-16/h4-13,20,27H,1-3H3. The zero-order valence-electron chi connectivity index (χ0n) is 16.4. The van der Waals surface area contributed by atoms with E-state index in [1.54, 1.807) is 12.3 Å². The molecule has 2 aromatic heterocycles. The molecule has 6 heteroatoms. The van der Waals surface area contributed by atoms with Crippen molar-refractivity contribution in [2.75, 3.05) is 0 Å². The van der Waals surface area contributed by atoms with E-state index in [0.717, 1.165) is 16.3 Å². The van der Waals surface area contributed by atoms with Crippen molar-refractivity contribution in [2.24, 2.45) is 0 Å². The van der Waals surface area contributed by atoms with Crippen molar-refractivity contribution in [1.82, 2.24) is 9.55 Å². The van der Waals surface area contributed by atoms with Crippen LogP contribution >= 0.6 is 15.9 Å². The number of carbonyl (C=O) groups is 1. The maximum atomic E-state index is 12.7. The zero-order valence-corrected chi connectivity index (χ0v) is 18.0. The average molecular weight is 453 g/mol. The third-order valence-electron chi connectivity index (χ3n) is 4.62. The zero-order chi connectivity index (χ0) is 20.8. The summed E-state index contributed by atoms with van der Waals surface area (Å²) in [7, 11) is 0. The molecule has 2 aromatic carbocycles. The molecule has 4 rings (SSSR count). The van der Waals surface area contributed by atoms with Gasteiger partial charge >= 0.3 is 6.09 Å². The Hall–Kier alpha value is -2.70. The van der Waals surface area contributed by atoms with Gasteiger partial charge < -0.3 is 9.84 Å². The van der Waals surface area contributed by atoms with Crippen LogP contribution in [-0.2, 0) is 4.74 Å². The second kappa shape index (κ2) is 7.28. The first-order valence-corrected chi connectivity index (χ1v) is 10.1. The van der Waals surface area contributed by atoms with Crippen LogP contribution in [0.3, 0.4) is 0 Å². The number of ether oxygens (including phenoxy) is 1. The van der Waals surface area contributed by atoms with Crippen molar-refractivity contribution in [3.05, 3.63) is 76.5 Å². The normalized spacial score (nSPS) is 13.0. The molecule has 0 fully saturated rings. The monoisotopic (exact) mass is 452 g/mol. The maximum Gasteiger partial charge on any atom is 0.420 e. The van der Waals surface area contributed by atoms with E-state index in [1.807, 2.05) is 69.3 Å². The first kappa shape index (κ1) is 19.6. The van der Waals surface area contributed by atoms with E-state index in [-0.39, 0.29) is 0 Å². The topological polar surface area (TPSA) is 64.3 Å². The number of halogens is 1. The number of hydrogen-bond donors (Lipinski definition) is 1. The lowest BCUT2D eigenvalue weighted by atomic mass is 9.99. The van der Waals surface area contributed by atoms with E-state index < -0.39 is 17.8 Å². The summed E-state index contributed by atoms with van der Waals surface area (Å²) in [5, 5.41) is 14.0. The fourth-order valence-corrected chi connectivity index (χ4v) is 3.63. The Morgan fingerprint density at radius 1 is 1.10 bits per heavy atom. The van der Waals surface area contributed by atoms with Gasteiger partial charge in [0.2, 0.25) is 0 Å². The number of hydrogen-bond acceptors (Lipinski definition) is 4. The molecule has 0 aliphatic rings. The van der Waals surface area contributed by atoms with Gasteiger partial charge in [-0.15, -0.1) is 0 Å². The molecular formula is C23H21BrN2O3. The Morgan fingerprint density at radius 3 is 2.55 bits per heavy atom. The van der Waals surface area contributed by atoms with Crippen molar-refractivity contribution >= 4 is 43.8 Å². The summed E-state index contributed by atoms with van der Waals surface area (Å²) in [5.41, 5.74) is 1.14. The predicted octanol–water partition coefficient (Wildman–Crippen LogP) is 5.82. The summed E-state index contributed by atoms with van der Waals surface area (Å²) < 4.78 is 7.46. The third-order valence-corrected chi connectivity index (χ3v) is 5.06. The molecule has 1 atom stereocenters. The van der Waals surface area contributed by atoms with Gasteiger partial charge in [-0.05, 0) is 71.2 Å². The number of aromatic nitrogens is 2. The number of aliphatic hydroxyl groups excluding tert-OH is 1. The maximum absolute atomic E-state index is 12.7. The number of fused-ring (bicyclic) bond motifs is 2. The summed E-state index contributed by atoms with van der Waals surface area (Å²) in [4.78, 5) is 17.2. The van der Waals surface area contributed by atoms with Crippen LogP contribution in [0.5, 0.6) is 0 Å². The number of nitrogens with zero attached hydrogens (tertiary/aromatic N) is 2. The van der Waals surface area contributed by atoms with E-state index in [4.69, 9.17) is 4.74 Å². The van der Waals surface area contributed by atoms with Gasteiger partial charge in [-0.3, -0.25) is 0 Å². The molecule has 1 N–H and O–H groups in total. The van der Waals surface area contributed by atoms with Gasteiger partial charge in [0.05, 0.1) is 0 Å². The van der Waals surface area contributed by atoms with Crippen LogP contribution in [0.15, 0.2) is 65.4 Å². The number of benzene rings is 2. The summed E-state index contributed by atoms with van der Waals surface area (Å²) in [6.45, 7) is 5.43. The molecule has 4 aromatic rings. The molecule has 148 valence electrons. The van der Waals surface area contributed by atoms with Gasteiger partial charge in [0, 0.05) is 17.1 Å². The number of aliphatic hydroxyl groups is 1. The molecule has 0 bridgehead atoms. The lowest BCUT2D eigenvalue weighted by molar-refractivity contribution is 0.0543. The van der Waals surface area contributed by atoms with E-state index in [2.05, 4.69) is 20.9 Å². The highest BCUT2D eigenvalue weighted by Crippen LogP contribution is 2.32. The smallest absolute Gasteiger partial charge is 0.420 e. The van der Waals surface area contributed by atoms with Crippen molar-refractivity contribution in [2.45, 2.75) is 32.5 Å². The van der Waals surface area contributed by atoms with E-state index >= 15 is 0 Å². The number of carbonyl (C=O) groups excluding carboxylic acids is 1. The van der Waals surface area contributed by atoms with Gasteiger partial charge in [-0.1, -0.05) is 36.4 Å². The second-order valence-electron chi connectivity index (χ2n) is 7.95. The highest BCUT2D eigenvalue weighted by Gasteiger charge is 2.24. The first-order valence-electron chi connectivity index (χ1n) is 9.30. The lowest BCUT2D eigenvalue weighted by Crippen LogP contribution is -2.26. The highest BCUT2D eigenvalue weighted by molar-refractivity contribution is 9.10.